The SMILES string of the molecule is CCC(C)NC(=O)C(Cc1ccccc1)N(Cc1ccc(Cl)cc1Cl)C(=O)CN(c1ccc(Cl)cc1)S(=O)(=O)c1ccc(OC)cc1. The number of ether oxygens (including phenoxy) is 1. The first kappa shape index (κ1) is 36.1. The fourth-order valence-corrected chi connectivity index (χ4v) is 6.85. The molecule has 4 aromatic carbocycles. The molecular formula is C35H36Cl3N3O5S. The maximum Gasteiger partial charge on any atom is 0.264 e. The number of benzene rings is 4. The molecule has 0 fully saturated rings. The lowest BCUT2D eigenvalue weighted by Crippen LogP contribution is -2.54. The Kier molecular flexibility index (Phi) is 12.6. The Morgan fingerprint density at radius 3 is 2.11 bits per heavy atom. The van der Waals surface area contributed by atoms with Gasteiger partial charge in [0.05, 0.1) is 17.7 Å². The molecule has 0 aliphatic heterocycles. The fourth-order valence-electron chi connectivity index (χ4n) is 4.84. The molecule has 0 saturated heterocycles. The lowest BCUT2D eigenvalue weighted by Gasteiger charge is -2.34. The van der Waals surface area contributed by atoms with Gasteiger partial charge in [-0.15, -0.1) is 0 Å². The average Bonchev–Trinajstić information content (AvgIpc) is 3.06. The van der Waals surface area contributed by atoms with E-state index < -0.39 is 28.5 Å². The molecule has 1 N–H and O–H groups in total. The third kappa shape index (κ3) is 9.41. The van der Waals surface area contributed by atoms with E-state index >= 15 is 0 Å². The Morgan fingerprint density at radius 1 is 0.872 bits per heavy atom. The predicted molar refractivity (Wildman–Crippen MR) is 188 cm³/mol. The highest BCUT2D eigenvalue weighted by atomic mass is 35.5. The molecule has 4 rings (SSSR count). The standard InChI is InChI=1S/C35H36Cl3N3O5S/c1-4-24(2)39-35(43)33(20-25-8-6-5-7-9-25)40(22-26-10-11-28(37)21-32(26)38)34(42)23-41(29-14-12-27(36)13-15-29)47(44,45)31-18-16-30(46-3)17-19-31/h5-19,21,24,33H,4,20,22-23H2,1-3H3,(H,39,43). The Labute approximate surface area is 291 Å². The van der Waals surface area contributed by atoms with E-state index in [-0.39, 0.29) is 35.5 Å². The number of carbonyl (C=O) groups excluding carboxylic acids is 2. The first-order valence-electron chi connectivity index (χ1n) is 14.9. The van der Waals surface area contributed by atoms with Gasteiger partial charge in [-0.1, -0.05) is 78.1 Å². The van der Waals surface area contributed by atoms with Crippen molar-refractivity contribution in [3.05, 3.63) is 123 Å². The second kappa shape index (κ2) is 16.4. The highest BCUT2D eigenvalue weighted by Crippen LogP contribution is 2.29. The summed E-state index contributed by atoms with van der Waals surface area (Å²) in [4.78, 5) is 29.8. The zero-order valence-corrected chi connectivity index (χ0v) is 29.3. The van der Waals surface area contributed by atoms with Gasteiger partial charge in [0.2, 0.25) is 11.8 Å². The monoisotopic (exact) mass is 715 g/mol. The molecule has 8 nitrogen and oxygen atoms in total. The van der Waals surface area contributed by atoms with E-state index in [1.807, 2.05) is 44.2 Å². The number of anilines is 1. The van der Waals surface area contributed by atoms with E-state index in [9.17, 15) is 18.0 Å². The van der Waals surface area contributed by atoms with Crippen LogP contribution in [0.25, 0.3) is 0 Å². The predicted octanol–water partition coefficient (Wildman–Crippen LogP) is 7.41. The van der Waals surface area contributed by atoms with Crippen LogP contribution in [0.3, 0.4) is 0 Å². The van der Waals surface area contributed by atoms with Crippen molar-refractivity contribution in [3.8, 4) is 5.75 Å². The largest absolute Gasteiger partial charge is 0.497 e. The van der Waals surface area contributed by atoms with Gasteiger partial charge in [-0.25, -0.2) is 8.42 Å². The molecule has 12 heteroatoms. The van der Waals surface area contributed by atoms with Gasteiger partial charge in [-0.2, -0.15) is 0 Å². The van der Waals surface area contributed by atoms with Crippen molar-refractivity contribution in [2.45, 2.75) is 50.2 Å². The summed E-state index contributed by atoms with van der Waals surface area (Å²) in [5.74, 6) is -0.527. The summed E-state index contributed by atoms with van der Waals surface area (Å²) in [6.45, 7) is 3.12. The van der Waals surface area contributed by atoms with Gasteiger partial charge in [0.25, 0.3) is 10.0 Å². The van der Waals surface area contributed by atoms with E-state index in [1.165, 1.54) is 48.4 Å². The minimum atomic E-state index is -4.29. The van der Waals surface area contributed by atoms with Crippen LogP contribution in [-0.4, -0.2) is 50.9 Å². The van der Waals surface area contributed by atoms with E-state index in [1.54, 1.807) is 30.3 Å². The second-order valence-corrected chi connectivity index (χ2v) is 14.1. The van der Waals surface area contributed by atoms with Crippen molar-refractivity contribution in [1.82, 2.24) is 10.2 Å². The summed E-state index contributed by atoms with van der Waals surface area (Å²) >= 11 is 18.9. The van der Waals surface area contributed by atoms with Crippen LogP contribution in [0.1, 0.15) is 31.4 Å². The third-order valence-corrected chi connectivity index (χ3v) is 10.3. The third-order valence-electron chi connectivity index (χ3n) is 7.67. The highest BCUT2D eigenvalue weighted by Gasteiger charge is 2.35. The summed E-state index contributed by atoms with van der Waals surface area (Å²) < 4.78 is 34.6. The van der Waals surface area contributed by atoms with Crippen LogP contribution in [0.2, 0.25) is 15.1 Å². The van der Waals surface area contributed by atoms with Crippen molar-refractivity contribution < 1.29 is 22.7 Å². The summed E-state index contributed by atoms with van der Waals surface area (Å²) in [5.41, 5.74) is 1.57. The molecule has 2 unspecified atom stereocenters. The first-order chi connectivity index (χ1) is 22.4. The number of hydrogen-bond acceptors (Lipinski definition) is 5. The molecule has 0 aliphatic carbocycles. The first-order valence-corrected chi connectivity index (χ1v) is 17.5. The Bertz CT molecular complexity index is 1770. The molecule has 4 aromatic rings. The molecule has 0 spiro atoms. The van der Waals surface area contributed by atoms with Crippen LogP contribution in [0.4, 0.5) is 5.69 Å². The van der Waals surface area contributed by atoms with Gasteiger partial charge in [-0.3, -0.25) is 13.9 Å². The van der Waals surface area contributed by atoms with Crippen molar-refractivity contribution in [2.75, 3.05) is 18.0 Å². The van der Waals surface area contributed by atoms with Crippen LogP contribution < -0.4 is 14.4 Å². The van der Waals surface area contributed by atoms with Crippen LogP contribution in [0.15, 0.2) is 102 Å². The zero-order chi connectivity index (χ0) is 34.1. The lowest BCUT2D eigenvalue weighted by atomic mass is 10.0. The van der Waals surface area contributed by atoms with Crippen LogP contribution >= 0.6 is 34.8 Å². The van der Waals surface area contributed by atoms with Gasteiger partial charge in [0.15, 0.2) is 0 Å². The van der Waals surface area contributed by atoms with E-state index in [0.717, 1.165) is 9.87 Å². The molecule has 0 heterocycles. The van der Waals surface area contributed by atoms with Gasteiger partial charge >= 0.3 is 0 Å². The van der Waals surface area contributed by atoms with Crippen molar-refractivity contribution in [3.63, 3.8) is 0 Å². The molecule has 2 atom stereocenters. The van der Waals surface area contributed by atoms with E-state index in [2.05, 4.69) is 5.32 Å². The number of rotatable bonds is 14. The molecule has 0 aromatic heterocycles. The van der Waals surface area contributed by atoms with Crippen LogP contribution in [0.5, 0.6) is 5.75 Å². The molecular weight excluding hydrogens is 681 g/mol. The van der Waals surface area contributed by atoms with E-state index in [4.69, 9.17) is 39.5 Å². The maximum atomic E-state index is 14.6. The van der Waals surface area contributed by atoms with Crippen molar-refractivity contribution in [2.24, 2.45) is 0 Å². The molecule has 47 heavy (non-hydrogen) atoms. The summed E-state index contributed by atoms with van der Waals surface area (Å²) in [7, 11) is -2.81. The van der Waals surface area contributed by atoms with Gasteiger partial charge in [0, 0.05) is 34.1 Å². The molecule has 0 bridgehead atoms. The maximum absolute atomic E-state index is 14.6. The van der Waals surface area contributed by atoms with Crippen molar-refractivity contribution in [1.29, 1.82) is 0 Å². The number of carbonyl (C=O) groups is 2. The minimum absolute atomic E-state index is 0.0521. The van der Waals surface area contributed by atoms with Crippen molar-refractivity contribution >= 4 is 62.3 Å². The Morgan fingerprint density at radius 2 is 1.51 bits per heavy atom. The summed E-state index contributed by atoms with van der Waals surface area (Å²) in [6.07, 6.45) is 0.845. The number of halogens is 3. The molecule has 0 saturated carbocycles. The smallest absolute Gasteiger partial charge is 0.264 e. The van der Waals surface area contributed by atoms with Crippen LogP contribution in [0, 0.1) is 0 Å². The molecule has 0 radical (unpaired) electrons. The number of sulfonamides is 1. The van der Waals surface area contributed by atoms with E-state index in [0.29, 0.717) is 32.8 Å². The number of amides is 2. The number of nitrogens with zero attached hydrogens (tertiary/aromatic N) is 2. The van der Waals surface area contributed by atoms with Gasteiger partial charge < -0.3 is 15.0 Å². The molecule has 2 amide bonds. The summed E-state index contributed by atoms with van der Waals surface area (Å²) in [5, 5.41) is 4.11. The average molecular weight is 717 g/mol. The van der Waals surface area contributed by atoms with Gasteiger partial charge in [-0.05, 0) is 85.1 Å². The fraction of sp³-hybridized carbons (Fsp3) is 0.257. The highest BCUT2D eigenvalue weighted by molar-refractivity contribution is 7.92. The number of nitrogens with one attached hydrogen (secondary N) is 1. The van der Waals surface area contributed by atoms with Crippen LogP contribution in [-0.2, 0) is 32.6 Å². The second-order valence-electron chi connectivity index (χ2n) is 10.9. The van der Waals surface area contributed by atoms with Gasteiger partial charge in [0.1, 0.15) is 18.3 Å². The minimum Gasteiger partial charge on any atom is -0.497 e. The molecule has 0 aliphatic rings. The number of hydrogen-bond donors (Lipinski definition) is 1. The molecule has 248 valence electrons. The lowest BCUT2D eigenvalue weighted by molar-refractivity contribution is -0.140. The normalized spacial score (nSPS) is 12.6. The number of methoxy groups -OCH3 is 1. The summed E-state index contributed by atoms with van der Waals surface area (Å²) in [6, 6.07) is 25.0. The Balaban J connectivity index is 1.82. The zero-order valence-electron chi connectivity index (χ0n) is 26.2. The quantitative estimate of drug-likeness (QED) is 0.147. The topological polar surface area (TPSA) is 96.0 Å². The Hall–Kier alpha value is -3.76.